The smallest absolute Gasteiger partial charge is 0.258 e. The van der Waals surface area contributed by atoms with Gasteiger partial charge in [-0.3, -0.25) is 4.98 Å². The van der Waals surface area contributed by atoms with Crippen molar-refractivity contribution in [2.75, 3.05) is 6.54 Å². The SMILES string of the molecule is NCCc1ccccc1-c1nc(-c2cncc(Br)c2)no1. The van der Waals surface area contributed by atoms with Crippen molar-refractivity contribution in [1.82, 2.24) is 15.1 Å². The van der Waals surface area contributed by atoms with Gasteiger partial charge in [-0.05, 0) is 46.6 Å². The lowest BCUT2D eigenvalue weighted by atomic mass is 10.0. The van der Waals surface area contributed by atoms with Crippen LogP contribution in [0.25, 0.3) is 22.8 Å². The van der Waals surface area contributed by atoms with Crippen LogP contribution in [0.5, 0.6) is 0 Å². The lowest BCUT2D eigenvalue weighted by molar-refractivity contribution is 0.432. The molecule has 6 heteroatoms. The summed E-state index contributed by atoms with van der Waals surface area (Å²) < 4.78 is 6.26. The van der Waals surface area contributed by atoms with E-state index in [9.17, 15) is 0 Å². The molecular weight excluding hydrogens is 332 g/mol. The van der Waals surface area contributed by atoms with E-state index >= 15 is 0 Å². The van der Waals surface area contributed by atoms with Crippen LogP contribution in [0, 0.1) is 0 Å². The summed E-state index contributed by atoms with van der Waals surface area (Å²) in [6, 6.07) is 9.80. The zero-order valence-electron chi connectivity index (χ0n) is 11.2. The number of rotatable bonds is 4. The Balaban J connectivity index is 1.99. The molecule has 0 saturated heterocycles. The summed E-state index contributed by atoms with van der Waals surface area (Å²) in [4.78, 5) is 8.56. The van der Waals surface area contributed by atoms with Gasteiger partial charge in [-0.1, -0.05) is 23.4 Å². The lowest BCUT2D eigenvalue weighted by Gasteiger charge is -2.03. The van der Waals surface area contributed by atoms with Crippen LogP contribution in [0.3, 0.4) is 0 Å². The molecule has 0 aliphatic rings. The lowest BCUT2D eigenvalue weighted by Crippen LogP contribution is -2.03. The van der Waals surface area contributed by atoms with Gasteiger partial charge in [0.1, 0.15) is 0 Å². The average Bonchev–Trinajstić information content (AvgIpc) is 2.98. The van der Waals surface area contributed by atoms with Crippen LogP contribution >= 0.6 is 15.9 Å². The highest BCUT2D eigenvalue weighted by molar-refractivity contribution is 9.10. The van der Waals surface area contributed by atoms with Gasteiger partial charge in [0.15, 0.2) is 0 Å². The summed E-state index contributed by atoms with van der Waals surface area (Å²) in [6.45, 7) is 0.577. The number of pyridine rings is 1. The molecule has 0 aliphatic heterocycles. The molecule has 0 atom stereocenters. The van der Waals surface area contributed by atoms with Crippen LogP contribution in [0.4, 0.5) is 0 Å². The monoisotopic (exact) mass is 344 g/mol. The first-order valence-electron chi connectivity index (χ1n) is 6.51. The minimum atomic E-state index is 0.494. The van der Waals surface area contributed by atoms with Crippen LogP contribution < -0.4 is 5.73 Å². The second kappa shape index (κ2) is 6.15. The number of halogens is 1. The zero-order chi connectivity index (χ0) is 14.7. The molecule has 2 N–H and O–H groups in total. The summed E-state index contributed by atoms with van der Waals surface area (Å²) in [5.74, 6) is 1.01. The highest BCUT2D eigenvalue weighted by atomic mass is 79.9. The van der Waals surface area contributed by atoms with E-state index in [-0.39, 0.29) is 0 Å². The quantitative estimate of drug-likeness (QED) is 0.786. The van der Waals surface area contributed by atoms with Crippen molar-refractivity contribution in [1.29, 1.82) is 0 Å². The second-order valence-electron chi connectivity index (χ2n) is 4.51. The topological polar surface area (TPSA) is 77.8 Å². The van der Waals surface area contributed by atoms with Crippen molar-refractivity contribution in [2.45, 2.75) is 6.42 Å². The summed E-state index contributed by atoms with van der Waals surface area (Å²) in [5.41, 5.74) is 8.46. The van der Waals surface area contributed by atoms with E-state index in [1.54, 1.807) is 12.4 Å². The molecule has 0 radical (unpaired) electrons. The van der Waals surface area contributed by atoms with Gasteiger partial charge in [0.2, 0.25) is 5.82 Å². The van der Waals surface area contributed by atoms with Crippen molar-refractivity contribution in [3.8, 4) is 22.8 Å². The average molecular weight is 345 g/mol. The number of hydrogen-bond donors (Lipinski definition) is 1. The largest absolute Gasteiger partial charge is 0.334 e. The van der Waals surface area contributed by atoms with E-state index < -0.39 is 0 Å². The fourth-order valence-corrected chi connectivity index (χ4v) is 2.45. The Hall–Kier alpha value is -2.05. The first-order chi connectivity index (χ1) is 10.3. The van der Waals surface area contributed by atoms with Crippen molar-refractivity contribution in [3.05, 3.63) is 52.8 Å². The van der Waals surface area contributed by atoms with Crippen LogP contribution in [-0.4, -0.2) is 21.7 Å². The maximum Gasteiger partial charge on any atom is 0.258 e. The van der Waals surface area contributed by atoms with Crippen LogP contribution in [0.15, 0.2) is 51.7 Å². The van der Waals surface area contributed by atoms with Crippen LogP contribution in [0.1, 0.15) is 5.56 Å². The molecule has 5 nitrogen and oxygen atoms in total. The summed E-state index contributed by atoms with van der Waals surface area (Å²) in [5, 5.41) is 4.03. The molecule has 0 fully saturated rings. The highest BCUT2D eigenvalue weighted by Crippen LogP contribution is 2.26. The predicted molar refractivity (Wildman–Crippen MR) is 83.4 cm³/mol. The van der Waals surface area contributed by atoms with Crippen LogP contribution in [-0.2, 0) is 6.42 Å². The molecule has 106 valence electrons. The van der Waals surface area contributed by atoms with Crippen molar-refractivity contribution < 1.29 is 4.52 Å². The Bertz CT molecular complexity index is 757. The van der Waals surface area contributed by atoms with Gasteiger partial charge < -0.3 is 10.3 Å². The van der Waals surface area contributed by atoms with Gasteiger partial charge in [0, 0.05) is 28.0 Å². The highest BCUT2D eigenvalue weighted by Gasteiger charge is 2.13. The third kappa shape index (κ3) is 3.01. The van der Waals surface area contributed by atoms with Crippen molar-refractivity contribution in [3.63, 3.8) is 0 Å². The number of aromatic nitrogens is 3. The molecule has 0 spiro atoms. The number of nitrogens with zero attached hydrogens (tertiary/aromatic N) is 3. The van der Waals surface area contributed by atoms with Crippen LogP contribution in [0.2, 0.25) is 0 Å². The molecule has 0 amide bonds. The van der Waals surface area contributed by atoms with Gasteiger partial charge in [-0.25, -0.2) is 0 Å². The summed E-state index contributed by atoms with van der Waals surface area (Å²) >= 11 is 3.38. The van der Waals surface area contributed by atoms with E-state index in [4.69, 9.17) is 10.3 Å². The van der Waals surface area contributed by atoms with Gasteiger partial charge >= 0.3 is 0 Å². The van der Waals surface area contributed by atoms with Gasteiger partial charge in [0.05, 0.1) is 0 Å². The Morgan fingerprint density at radius 1 is 1.19 bits per heavy atom. The van der Waals surface area contributed by atoms with Gasteiger partial charge in [-0.2, -0.15) is 4.98 Å². The van der Waals surface area contributed by atoms with E-state index in [0.29, 0.717) is 18.3 Å². The molecule has 1 aromatic carbocycles. The first kappa shape index (κ1) is 13.9. The van der Waals surface area contributed by atoms with Gasteiger partial charge in [-0.15, -0.1) is 0 Å². The second-order valence-corrected chi connectivity index (χ2v) is 5.43. The normalized spacial score (nSPS) is 10.8. The summed E-state index contributed by atoms with van der Waals surface area (Å²) in [6.07, 6.45) is 4.18. The molecule has 3 aromatic rings. The van der Waals surface area contributed by atoms with Crippen molar-refractivity contribution in [2.24, 2.45) is 5.73 Å². The van der Waals surface area contributed by atoms with E-state index in [1.807, 2.05) is 30.3 Å². The maximum atomic E-state index is 5.64. The predicted octanol–water partition coefficient (Wildman–Crippen LogP) is 3.06. The molecule has 0 bridgehead atoms. The number of hydrogen-bond acceptors (Lipinski definition) is 5. The third-order valence-electron chi connectivity index (χ3n) is 3.05. The molecule has 0 aliphatic carbocycles. The molecular formula is C15H13BrN4O. The molecule has 2 heterocycles. The first-order valence-corrected chi connectivity index (χ1v) is 7.30. The fraction of sp³-hybridized carbons (Fsp3) is 0.133. The standard InChI is InChI=1S/C15H13BrN4O/c16-12-7-11(8-18-9-12)14-19-15(21-20-14)13-4-2-1-3-10(13)5-6-17/h1-4,7-9H,5-6,17H2. The minimum absolute atomic E-state index is 0.494. The van der Waals surface area contributed by atoms with Gasteiger partial charge in [0.25, 0.3) is 5.89 Å². The van der Waals surface area contributed by atoms with E-state index in [1.165, 1.54) is 0 Å². The molecule has 0 unspecified atom stereocenters. The Morgan fingerprint density at radius 2 is 2.05 bits per heavy atom. The Kier molecular flexibility index (Phi) is 4.08. The fourth-order valence-electron chi connectivity index (χ4n) is 2.09. The Labute approximate surface area is 130 Å². The molecule has 3 rings (SSSR count). The van der Waals surface area contributed by atoms with E-state index in [0.717, 1.165) is 27.6 Å². The summed E-state index contributed by atoms with van der Waals surface area (Å²) in [7, 11) is 0. The zero-order valence-corrected chi connectivity index (χ0v) is 12.7. The molecule has 2 aromatic heterocycles. The molecule has 21 heavy (non-hydrogen) atoms. The number of nitrogens with two attached hydrogens (primary N) is 1. The van der Waals surface area contributed by atoms with Crippen molar-refractivity contribution >= 4 is 15.9 Å². The molecule has 0 saturated carbocycles. The minimum Gasteiger partial charge on any atom is -0.334 e. The maximum absolute atomic E-state index is 5.64. The van der Waals surface area contributed by atoms with E-state index in [2.05, 4.69) is 31.1 Å². The number of benzene rings is 1. The Morgan fingerprint density at radius 3 is 2.86 bits per heavy atom. The third-order valence-corrected chi connectivity index (χ3v) is 3.48.